The Kier molecular flexibility index (Phi) is 4.88. The van der Waals surface area contributed by atoms with Gasteiger partial charge in [0.2, 0.25) is 0 Å². The van der Waals surface area contributed by atoms with Crippen LogP contribution in [-0.4, -0.2) is 27.6 Å². The first-order valence-electron chi connectivity index (χ1n) is 5.32. The number of hydrogen-bond donors (Lipinski definition) is 0. The van der Waals surface area contributed by atoms with E-state index in [1.165, 1.54) is 11.0 Å². The van der Waals surface area contributed by atoms with Crippen LogP contribution in [0.3, 0.4) is 0 Å². The van der Waals surface area contributed by atoms with E-state index < -0.39 is 5.97 Å². The fourth-order valence-electron chi connectivity index (χ4n) is 1.19. The van der Waals surface area contributed by atoms with Crippen molar-refractivity contribution in [2.75, 3.05) is 6.61 Å². The van der Waals surface area contributed by atoms with Crippen LogP contribution in [-0.2, 0) is 11.3 Å². The van der Waals surface area contributed by atoms with Gasteiger partial charge in [0.15, 0.2) is 5.69 Å². The van der Waals surface area contributed by atoms with Crippen LogP contribution in [0, 0.1) is 11.3 Å². The van der Waals surface area contributed by atoms with Gasteiger partial charge in [-0.15, -0.1) is 5.10 Å². The molecule has 0 atom stereocenters. The monoisotopic (exact) mass is 234 g/mol. The van der Waals surface area contributed by atoms with Crippen molar-refractivity contribution in [2.24, 2.45) is 0 Å². The number of ether oxygens (including phenoxy) is 1. The van der Waals surface area contributed by atoms with E-state index >= 15 is 0 Å². The van der Waals surface area contributed by atoms with Gasteiger partial charge < -0.3 is 4.74 Å². The summed E-state index contributed by atoms with van der Waals surface area (Å²) < 4.78 is 4.79. The molecule has 17 heavy (non-hydrogen) atoms. The normalized spacial score (nSPS) is 9.65. The maximum absolute atomic E-state index is 11.3. The summed E-state index contributed by atoms with van der Waals surface area (Å²) in [4.78, 5) is 12.7. The summed E-state index contributed by atoms with van der Waals surface area (Å²) in [6, 6.07) is 1.97. The molecule has 0 amide bonds. The minimum Gasteiger partial charge on any atom is -0.461 e. The standard InChI is InChI=1S/C11H14N4O2/c1-3-17-11(16)10-8-13-15(14-10)6-4-5-9(2)7-12/h8H,2-6H2,1H3. The second-order valence-corrected chi connectivity index (χ2v) is 3.37. The van der Waals surface area contributed by atoms with Crippen LogP contribution in [0.4, 0.5) is 0 Å². The topological polar surface area (TPSA) is 80.8 Å². The molecule has 0 saturated heterocycles. The average molecular weight is 234 g/mol. The van der Waals surface area contributed by atoms with E-state index in [1.54, 1.807) is 6.92 Å². The van der Waals surface area contributed by atoms with Crippen molar-refractivity contribution < 1.29 is 9.53 Å². The minimum absolute atomic E-state index is 0.200. The van der Waals surface area contributed by atoms with Crippen molar-refractivity contribution in [1.82, 2.24) is 15.0 Å². The van der Waals surface area contributed by atoms with Gasteiger partial charge in [0.1, 0.15) is 0 Å². The lowest BCUT2D eigenvalue weighted by molar-refractivity contribution is 0.0518. The first-order valence-corrected chi connectivity index (χ1v) is 5.32. The number of allylic oxidation sites excluding steroid dienone is 1. The van der Waals surface area contributed by atoms with Crippen LogP contribution in [0.5, 0.6) is 0 Å². The summed E-state index contributed by atoms with van der Waals surface area (Å²) in [7, 11) is 0. The second-order valence-electron chi connectivity index (χ2n) is 3.37. The third-order valence-corrected chi connectivity index (χ3v) is 2.02. The molecule has 0 saturated carbocycles. The van der Waals surface area contributed by atoms with Crippen molar-refractivity contribution in [3.8, 4) is 6.07 Å². The molecule has 0 N–H and O–H groups in total. The number of nitriles is 1. The van der Waals surface area contributed by atoms with Gasteiger partial charge >= 0.3 is 5.97 Å². The Bertz CT molecular complexity index is 445. The highest BCUT2D eigenvalue weighted by atomic mass is 16.5. The molecule has 90 valence electrons. The molecule has 0 aliphatic heterocycles. The summed E-state index contributed by atoms with van der Waals surface area (Å²) in [5.41, 5.74) is 0.730. The summed E-state index contributed by atoms with van der Waals surface area (Å²) in [6.07, 6.45) is 2.69. The Labute approximate surface area is 99.5 Å². The maximum atomic E-state index is 11.3. The number of nitrogens with zero attached hydrogens (tertiary/aromatic N) is 4. The van der Waals surface area contributed by atoms with Crippen molar-refractivity contribution in [3.63, 3.8) is 0 Å². The van der Waals surface area contributed by atoms with Crippen LogP contribution in [0.25, 0.3) is 0 Å². The van der Waals surface area contributed by atoms with Gasteiger partial charge in [0.05, 0.1) is 25.4 Å². The fraction of sp³-hybridized carbons (Fsp3) is 0.455. The third kappa shape index (κ3) is 4.07. The zero-order valence-electron chi connectivity index (χ0n) is 9.72. The number of aromatic nitrogens is 3. The summed E-state index contributed by atoms with van der Waals surface area (Å²) in [6.45, 7) is 6.16. The van der Waals surface area contributed by atoms with E-state index in [1.807, 2.05) is 6.07 Å². The summed E-state index contributed by atoms with van der Waals surface area (Å²) >= 11 is 0. The van der Waals surface area contributed by atoms with Crippen molar-refractivity contribution in [1.29, 1.82) is 5.26 Å². The van der Waals surface area contributed by atoms with Gasteiger partial charge in [-0.25, -0.2) is 4.79 Å². The molecule has 0 unspecified atom stereocenters. The molecule has 1 rings (SSSR count). The van der Waals surface area contributed by atoms with Crippen molar-refractivity contribution in [3.05, 3.63) is 24.0 Å². The lowest BCUT2D eigenvalue weighted by Gasteiger charge is -1.98. The van der Waals surface area contributed by atoms with E-state index in [0.29, 0.717) is 31.6 Å². The molecule has 1 aromatic rings. The quantitative estimate of drug-likeness (QED) is 0.547. The number of carbonyl (C=O) groups excluding carboxylic acids is 1. The first-order chi connectivity index (χ1) is 8.17. The van der Waals surface area contributed by atoms with Gasteiger partial charge in [-0.05, 0) is 19.8 Å². The Hall–Kier alpha value is -2.16. The molecule has 0 aliphatic carbocycles. The van der Waals surface area contributed by atoms with E-state index in [0.717, 1.165) is 0 Å². The number of hydrogen-bond acceptors (Lipinski definition) is 5. The Balaban J connectivity index is 2.44. The molecule has 0 bridgehead atoms. The zero-order valence-corrected chi connectivity index (χ0v) is 9.72. The molecule has 6 nitrogen and oxygen atoms in total. The smallest absolute Gasteiger partial charge is 0.360 e. The Morgan fingerprint density at radius 2 is 2.47 bits per heavy atom. The number of rotatable bonds is 6. The molecule has 0 radical (unpaired) electrons. The van der Waals surface area contributed by atoms with Gasteiger partial charge in [0.25, 0.3) is 0 Å². The molecule has 1 aromatic heterocycles. The highest BCUT2D eigenvalue weighted by Crippen LogP contribution is 2.02. The molecule has 0 aromatic carbocycles. The zero-order chi connectivity index (χ0) is 12.7. The van der Waals surface area contributed by atoms with Crippen molar-refractivity contribution in [2.45, 2.75) is 26.3 Å². The van der Waals surface area contributed by atoms with Gasteiger partial charge in [-0.3, -0.25) is 0 Å². The Morgan fingerprint density at radius 1 is 1.71 bits per heavy atom. The van der Waals surface area contributed by atoms with Crippen LogP contribution >= 0.6 is 0 Å². The average Bonchev–Trinajstić information content (AvgIpc) is 2.78. The molecular formula is C11H14N4O2. The van der Waals surface area contributed by atoms with Crippen LogP contribution in [0.1, 0.15) is 30.3 Å². The van der Waals surface area contributed by atoms with Gasteiger partial charge in [-0.1, -0.05) is 6.58 Å². The lowest BCUT2D eigenvalue weighted by atomic mass is 10.2. The second kappa shape index (κ2) is 6.43. The van der Waals surface area contributed by atoms with E-state index in [4.69, 9.17) is 10.00 Å². The first kappa shape index (κ1) is 12.9. The largest absolute Gasteiger partial charge is 0.461 e. The maximum Gasteiger partial charge on any atom is 0.360 e. The minimum atomic E-state index is -0.472. The summed E-state index contributed by atoms with van der Waals surface area (Å²) in [5, 5.41) is 16.4. The van der Waals surface area contributed by atoms with E-state index in [9.17, 15) is 4.79 Å². The SMILES string of the molecule is C=C(C#N)CCCn1ncc(C(=O)OCC)n1. The molecule has 0 fully saturated rings. The molecule has 6 heteroatoms. The molecule has 0 spiro atoms. The van der Waals surface area contributed by atoms with Crippen molar-refractivity contribution >= 4 is 5.97 Å². The van der Waals surface area contributed by atoms with Gasteiger partial charge in [0, 0.05) is 5.57 Å². The predicted molar refractivity (Wildman–Crippen MR) is 60.0 cm³/mol. The predicted octanol–water partition coefficient (Wildman–Crippen LogP) is 1.31. The third-order valence-electron chi connectivity index (χ3n) is 2.02. The van der Waals surface area contributed by atoms with Gasteiger partial charge in [-0.2, -0.15) is 15.2 Å². The summed E-state index contributed by atoms with van der Waals surface area (Å²) in [5.74, 6) is -0.472. The van der Waals surface area contributed by atoms with Crippen LogP contribution in [0.15, 0.2) is 18.3 Å². The highest BCUT2D eigenvalue weighted by molar-refractivity contribution is 5.86. The van der Waals surface area contributed by atoms with Crippen LogP contribution < -0.4 is 0 Å². The number of carbonyl (C=O) groups is 1. The highest BCUT2D eigenvalue weighted by Gasteiger charge is 2.10. The fourth-order valence-corrected chi connectivity index (χ4v) is 1.19. The van der Waals surface area contributed by atoms with Crippen LogP contribution in [0.2, 0.25) is 0 Å². The molecule has 1 heterocycles. The molecular weight excluding hydrogens is 220 g/mol. The van der Waals surface area contributed by atoms with E-state index in [-0.39, 0.29) is 5.69 Å². The number of esters is 1. The number of aryl methyl sites for hydroxylation is 1. The van der Waals surface area contributed by atoms with E-state index in [2.05, 4.69) is 16.8 Å². The molecule has 0 aliphatic rings. The Morgan fingerprint density at radius 3 is 3.12 bits per heavy atom. The lowest BCUT2D eigenvalue weighted by Crippen LogP contribution is -2.08.